The van der Waals surface area contributed by atoms with Crippen LogP contribution >= 0.6 is 0 Å². The Balaban J connectivity index is 2.07. The van der Waals surface area contributed by atoms with Crippen molar-refractivity contribution in [3.8, 4) is 5.75 Å². The summed E-state index contributed by atoms with van der Waals surface area (Å²) in [7, 11) is 0. The smallest absolute Gasteiger partial charge is 0.123 e. The van der Waals surface area contributed by atoms with Crippen molar-refractivity contribution in [2.45, 2.75) is 12.5 Å². The number of ether oxygens (including phenoxy) is 1. The van der Waals surface area contributed by atoms with Crippen molar-refractivity contribution < 1.29 is 9.84 Å². The van der Waals surface area contributed by atoms with Crippen LogP contribution in [0.5, 0.6) is 5.75 Å². The lowest BCUT2D eigenvalue weighted by Gasteiger charge is -2.13. The Labute approximate surface area is 89.2 Å². The van der Waals surface area contributed by atoms with Crippen molar-refractivity contribution in [3.05, 3.63) is 35.4 Å². The van der Waals surface area contributed by atoms with E-state index in [9.17, 15) is 5.11 Å². The van der Waals surface area contributed by atoms with E-state index in [1.54, 1.807) is 0 Å². The minimum atomic E-state index is -0.588. The lowest BCUT2D eigenvalue weighted by atomic mass is 10.1. The number of aliphatic hydroxyl groups excluding tert-OH is 1. The van der Waals surface area contributed by atoms with Crippen LogP contribution in [0.4, 0.5) is 0 Å². The lowest BCUT2D eigenvalue weighted by Crippen LogP contribution is -2.26. The Bertz CT molecular complexity index is 374. The number of benzene rings is 1. The molecule has 1 unspecified atom stereocenters. The summed E-state index contributed by atoms with van der Waals surface area (Å²) in [5, 5.41) is 9.30. The summed E-state index contributed by atoms with van der Waals surface area (Å²) in [4.78, 5) is 0. The minimum absolute atomic E-state index is 0.229. The summed E-state index contributed by atoms with van der Waals surface area (Å²) in [6, 6.07) is 5.94. The summed E-state index contributed by atoms with van der Waals surface area (Å²) < 4.78 is 5.53. The SMILES string of the molecule is NCC(O)COc1cccc2c1CC=C2. The number of hydrogen-bond donors (Lipinski definition) is 2. The highest BCUT2D eigenvalue weighted by molar-refractivity contribution is 5.63. The zero-order valence-corrected chi connectivity index (χ0v) is 8.52. The summed E-state index contributed by atoms with van der Waals surface area (Å²) in [5.41, 5.74) is 7.71. The second-order valence-corrected chi connectivity index (χ2v) is 3.63. The van der Waals surface area contributed by atoms with Gasteiger partial charge in [-0.25, -0.2) is 0 Å². The van der Waals surface area contributed by atoms with Gasteiger partial charge in [0, 0.05) is 12.1 Å². The highest BCUT2D eigenvalue weighted by Crippen LogP contribution is 2.28. The molecule has 3 heteroatoms. The van der Waals surface area contributed by atoms with E-state index in [1.807, 2.05) is 12.1 Å². The Morgan fingerprint density at radius 3 is 3.13 bits per heavy atom. The molecule has 0 saturated carbocycles. The van der Waals surface area contributed by atoms with Crippen molar-refractivity contribution in [2.24, 2.45) is 5.73 Å². The van der Waals surface area contributed by atoms with E-state index in [1.165, 1.54) is 11.1 Å². The molecule has 0 saturated heterocycles. The van der Waals surface area contributed by atoms with Gasteiger partial charge >= 0.3 is 0 Å². The summed E-state index contributed by atoms with van der Waals surface area (Å²) in [5.74, 6) is 0.852. The first-order valence-electron chi connectivity index (χ1n) is 5.10. The van der Waals surface area contributed by atoms with Crippen LogP contribution in [0.1, 0.15) is 11.1 Å². The maximum atomic E-state index is 9.30. The highest BCUT2D eigenvalue weighted by Gasteiger charge is 2.11. The third-order valence-corrected chi connectivity index (χ3v) is 2.49. The van der Waals surface area contributed by atoms with Gasteiger partial charge in [0.15, 0.2) is 0 Å². The van der Waals surface area contributed by atoms with Crippen molar-refractivity contribution >= 4 is 6.08 Å². The zero-order chi connectivity index (χ0) is 10.7. The second kappa shape index (κ2) is 4.47. The molecule has 0 spiro atoms. The van der Waals surface area contributed by atoms with Crippen LogP contribution in [-0.2, 0) is 6.42 Å². The number of aliphatic hydroxyl groups is 1. The number of allylic oxidation sites excluding steroid dienone is 1. The van der Waals surface area contributed by atoms with Crippen molar-refractivity contribution in [3.63, 3.8) is 0 Å². The molecule has 15 heavy (non-hydrogen) atoms. The average Bonchev–Trinajstić information content (AvgIpc) is 2.74. The summed E-state index contributed by atoms with van der Waals surface area (Å²) in [6.45, 7) is 0.486. The molecule has 3 N–H and O–H groups in total. The maximum absolute atomic E-state index is 9.30. The third kappa shape index (κ3) is 2.19. The first kappa shape index (κ1) is 10.2. The molecule has 1 aromatic rings. The third-order valence-electron chi connectivity index (χ3n) is 2.49. The standard InChI is InChI=1S/C12H15NO2/c13-7-10(14)8-15-12-6-2-4-9-3-1-5-11(9)12/h1-4,6,10,14H,5,7-8,13H2. The average molecular weight is 205 g/mol. The van der Waals surface area contributed by atoms with Crippen molar-refractivity contribution in [2.75, 3.05) is 13.2 Å². The van der Waals surface area contributed by atoms with Gasteiger partial charge in [-0.05, 0) is 18.1 Å². The van der Waals surface area contributed by atoms with Crippen LogP contribution in [-0.4, -0.2) is 24.4 Å². The van der Waals surface area contributed by atoms with Gasteiger partial charge in [0.2, 0.25) is 0 Å². The molecular weight excluding hydrogens is 190 g/mol. The van der Waals surface area contributed by atoms with Crippen LogP contribution in [0.15, 0.2) is 24.3 Å². The number of nitrogens with two attached hydrogens (primary N) is 1. The largest absolute Gasteiger partial charge is 0.491 e. The van der Waals surface area contributed by atoms with Crippen LogP contribution in [0.2, 0.25) is 0 Å². The predicted octanol–water partition coefficient (Wildman–Crippen LogP) is 0.954. The van der Waals surface area contributed by atoms with E-state index >= 15 is 0 Å². The molecule has 0 aromatic heterocycles. The number of rotatable bonds is 4. The zero-order valence-electron chi connectivity index (χ0n) is 8.52. The molecule has 1 aromatic carbocycles. The monoisotopic (exact) mass is 205 g/mol. The van der Waals surface area contributed by atoms with E-state index in [2.05, 4.69) is 18.2 Å². The van der Waals surface area contributed by atoms with Gasteiger partial charge in [-0.2, -0.15) is 0 Å². The van der Waals surface area contributed by atoms with Gasteiger partial charge in [0.25, 0.3) is 0 Å². The first-order valence-corrected chi connectivity index (χ1v) is 5.10. The number of hydrogen-bond acceptors (Lipinski definition) is 3. The summed E-state index contributed by atoms with van der Waals surface area (Å²) in [6.07, 6.45) is 4.51. The van der Waals surface area contributed by atoms with Gasteiger partial charge in [0.05, 0.1) is 0 Å². The van der Waals surface area contributed by atoms with Gasteiger partial charge in [-0.3, -0.25) is 0 Å². The van der Waals surface area contributed by atoms with Gasteiger partial charge in [0.1, 0.15) is 18.5 Å². The quantitative estimate of drug-likeness (QED) is 0.769. The van der Waals surface area contributed by atoms with Gasteiger partial charge < -0.3 is 15.6 Å². The Morgan fingerprint density at radius 1 is 1.47 bits per heavy atom. The molecule has 0 amide bonds. The van der Waals surface area contributed by atoms with Gasteiger partial charge in [-0.15, -0.1) is 0 Å². The Hall–Kier alpha value is -1.32. The highest BCUT2D eigenvalue weighted by atomic mass is 16.5. The second-order valence-electron chi connectivity index (χ2n) is 3.63. The minimum Gasteiger partial charge on any atom is -0.491 e. The van der Waals surface area contributed by atoms with E-state index in [-0.39, 0.29) is 13.2 Å². The molecule has 80 valence electrons. The normalized spacial score (nSPS) is 15.1. The first-order chi connectivity index (χ1) is 7.31. The molecule has 0 heterocycles. The topological polar surface area (TPSA) is 55.5 Å². The molecule has 1 atom stereocenters. The Morgan fingerprint density at radius 2 is 2.33 bits per heavy atom. The summed E-state index contributed by atoms with van der Waals surface area (Å²) >= 11 is 0. The lowest BCUT2D eigenvalue weighted by molar-refractivity contribution is 0.113. The molecule has 0 bridgehead atoms. The van der Waals surface area contributed by atoms with Crippen LogP contribution in [0, 0.1) is 0 Å². The van der Waals surface area contributed by atoms with E-state index in [0.29, 0.717) is 0 Å². The van der Waals surface area contributed by atoms with E-state index < -0.39 is 6.10 Å². The number of fused-ring (bicyclic) bond motifs is 1. The maximum Gasteiger partial charge on any atom is 0.123 e. The molecule has 1 aliphatic rings. The molecule has 1 aliphatic carbocycles. The fourth-order valence-electron chi connectivity index (χ4n) is 1.65. The van der Waals surface area contributed by atoms with Gasteiger partial charge in [-0.1, -0.05) is 24.3 Å². The molecule has 0 radical (unpaired) electrons. The van der Waals surface area contributed by atoms with Crippen LogP contribution in [0.3, 0.4) is 0 Å². The Kier molecular flexibility index (Phi) is 3.04. The molecule has 2 rings (SSSR count). The molecular formula is C12H15NO2. The van der Waals surface area contributed by atoms with Crippen molar-refractivity contribution in [1.29, 1.82) is 0 Å². The molecule has 3 nitrogen and oxygen atoms in total. The van der Waals surface area contributed by atoms with Crippen LogP contribution < -0.4 is 10.5 Å². The van der Waals surface area contributed by atoms with Crippen molar-refractivity contribution in [1.82, 2.24) is 0 Å². The van der Waals surface area contributed by atoms with Crippen LogP contribution in [0.25, 0.3) is 6.08 Å². The fourth-order valence-corrected chi connectivity index (χ4v) is 1.65. The predicted molar refractivity (Wildman–Crippen MR) is 59.7 cm³/mol. The molecule has 0 fully saturated rings. The molecule has 0 aliphatic heterocycles. The van der Waals surface area contributed by atoms with E-state index in [4.69, 9.17) is 10.5 Å². The fraction of sp³-hybridized carbons (Fsp3) is 0.333. The van der Waals surface area contributed by atoms with E-state index in [0.717, 1.165) is 12.2 Å².